The first-order chi connectivity index (χ1) is 9.28. The van der Waals surface area contributed by atoms with Gasteiger partial charge in [-0.25, -0.2) is 9.18 Å². The minimum atomic E-state index is -0.516. The highest BCUT2D eigenvalue weighted by Gasteiger charge is 2.15. The van der Waals surface area contributed by atoms with Crippen LogP contribution in [-0.4, -0.2) is 18.2 Å². The molecule has 0 aliphatic carbocycles. The van der Waals surface area contributed by atoms with Gasteiger partial charge in [-0.15, -0.1) is 0 Å². The zero-order valence-corrected chi connectivity index (χ0v) is 12.5. The van der Waals surface area contributed by atoms with Gasteiger partial charge in [0.15, 0.2) is 0 Å². The summed E-state index contributed by atoms with van der Waals surface area (Å²) in [6.07, 6.45) is -0.0217. The van der Waals surface area contributed by atoms with Crippen molar-refractivity contribution in [3.8, 4) is 11.8 Å². The topological polar surface area (TPSA) is 38.3 Å². The number of hydrogen-bond acceptors (Lipinski definition) is 2. The Morgan fingerprint density at radius 3 is 2.75 bits per heavy atom. The van der Waals surface area contributed by atoms with Crippen LogP contribution in [0.1, 0.15) is 32.8 Å². The van der Waals surface area contributed by atoms with Gasteiger partial charge in [-0.3, -0.25) is 0 Å². The van der Waals surface area contributed by atoms with Gasteiger partial charge in [-0.1, -0.05) is 23.4 Å². The van der Waals surface area contributed by atoms with Crippen LogP contribution in [0.5, 0.6) is 0 Å². The van der Waals surface area contributed by atoms with Crippen molar-refractivity contribution < 1.29 is 13.9 Å². The van der Waals surface area contributed by atoms with Crippen LogP contribution in [0.4, 0.5) is 9.18 Å². The molecule has 20 heavy (non-hydrogen) atoms. The zero-order chi connectivity index (χ0) is 15.2. The molecule has 0 unspecified atom stereocenters. The molecule has 108 valence electrons. The lowest BCUT2D eigenvalue weighted by molar-refractivity contribution is 0.0529. The Morgan fingerprint density at radius 1 is 1.45 bits per heavy atom. The van der Waals surface area contributed by atoms with E-state index in [1.165, 1.54) is 18.2 Å². The number of carbonyl (C=O) groups is 1. The molecule has 0 aromatic heterocycles. The van der Waals surface area contributed by atoms with Gasteiger partial charge < -0.3 is 10.1 Å². The molecular formula is C15H17ClFNO2. The van der Waals surface area contributed by atoms with Crippen molar-refractivity contribution >= 4 is 17.7 Å². The molecule has 1 amide bonds. The number of rotatable bonds is 2. The minimum Gasteiger partial charge on any atom is -0.444 e. The second-order valence-electron chi connectivity index (χ2n) is 5.10. The fraction of sp³-hybridized carbons (Fsp3) is 0.400. The van der Waals surface area contributed by atoms with E-state index in [-0.39, 0.29) is 5.02 Å². The maximum atomic E-state index is 12.8. The largest absolute Gasteiger partial charge is 0.444 e. The van der Waals surface area contributed by atoms with Crippen molar-refractivity contribution in [1.29, 1.82) is 0 Å². The van der Waals surface area contributed by atoms with Crippen LogP contribution in [0.3, 0.4) is 0 Å². The Kier molecular flexibility index (Phi) is 5.84. The van der Waals surface area contributed by atoms with E-state index in [0.717, 1.165) is 0 Å². The molecule has 0 spiro atoms. The number of ether oxygens (including phenoxy) is 1. The highest BCUT2D eigenvalue weighted by molar-refractivity contribution is 6.31. The van der Waals surface area contributed by atoms with E-state index in [1.807, 2.05) is 0 Å². The second-order valence-corrected chi connectivity index (χ2v) is 5.51. The third-order valence-electron chi connectivity index (χ3n) is 2.07. The Balaban J connectivity index is 2.38. The van der Waals surface area contributed by atoms with Gasteiger partial charge in [-0.05, 0) is 39.0 Å². The van der Waals surface area contributed by atoms with Crippen molar-refractivity contribution in [2.24, 2.45) is 0 Å². The Bertz CT molecular complexity index is 541. The minimum absolute atomic E-state index is 0.276. The zero-order valence-electron chi connectivity index (χ0n) is 11.7. The predicted molar refractivity (Wildman–Crippen MR) is 77.1 cm³/mol. The summed E-state index contributed by atoms with van der Waals surface area (Å²) in [5, 5.41) is 2.87. The van der Waals surface area contributed by atoms with Crippen LogP contribution < -0.4 is 5.32 Å². The number of alkyl carbamates (subject to hydrolysis) is 1. The average molecular weight is 298 g/mol. The molecule has 1 N–H and O–H groups in total. The normalized spacial score (nSPS) is 10.4. The van der Waals surface area contributed by atoms with E-state index >= 15 is 0 Å². The van der Waals surface area contributed by atoms with Crippen LogP contribution >= 0.6 is 11.6 Å². The maximum absolute atomic E-state index is 12.8. The lowest BCUT2D eigenvalue weighted by Gasteiger charge is -2.19. The lowest BCUT2D eigenvalue weighted by Crippen LogP contribution is -2.32. The summed E-state index contributed by atoms with van der Waals surface area (Å²) in [6.45, 7) is 5.76. The number of carbonyl (C=O) groups excluding carboxylic acids is 1. The van der Waals surface area contributed by atoms with E-state index in [0.29, 0.717) is 18.5 Å². The summed E-state index contributed by atoms with van der Waals surface area (Å²) in [5.74, 6) is 5.28. The summed E-state index contributed by atoms with van der Waals surface area (Å²) < 4.78 is 17.9. The number of halogens is 2. The Hall–Kier alpha value is -1.73. The van der Waals surface area contributed by atoms with Crippen LogP contribution in [0, 0.1) is 17.7 Å². The summed E-state index contributed by atoms with van der Waals surface area (Å²) in [5.41, 5.74) is 0.0440. The van der Waals surface area contributed by atoms with E-state index < -0.39 is 17.5 Å². The van der Waals surface area contributed by atoms with E-state index in [1.54, 1.807) is 20.8 Å². The van der Waals surface area contributed by atoms with E-state index in [2.05, 4.69) is 17.2 Å². The highest BCUT2D eigenvalue weighted by atomic mass is 35.5. The lowest BCUT2D eigenvalue weighted by atomic mass is 10.2. The SMILES string of the molecule is CC(C)(C)OC(=O)NCCC#Cc1ccc(F)cc1Cl. The Morgan fingerprint density at radius 2 is 2.15 bits per heavy atom. The molecule has 5 heteroatoms. The van der Waals surface area contributed by atoms with Gasteiger partial charge >= 0.3 is 6.09 Å². The first-order valence-electron chi connectivity index (χ1n) is 6.19. The van der Waals surface area contributed by atoms with E-state index in [9.17, 15) is 9.18 Å². The van der Waals surface area contributed by atoms with Crippen molar-refractivity contribution in [1.82, 2.24) is 5.32 Å². The average Bonchev–Trinajstić information content (AvgIpc) is 2.28. The molecule has 3 nitrogen and oxygen atoms in total. The van der Waals surface area contributed by atoms with Gasteiger partial charge in [0.05, 0.1) is 5.02 Å². The molecule has 0 heterocycles. The standard InChI is InChI=1S/C15H17ClFNO2/c1-15(2,3)20-14(19)18-9-5-4-6-11-7-8-12(17)10-13(11)16/h7-8,10H,5,9H2,1-3H3,(H,18,19). The fourth-order valence-electron chi connectivity index (χ4n) is 1.29. The summed E-state index contributed by atoms with van der Waals surface area (Å²) >= 11 is 5.83. The molecule has 0 fully saturated rings. The number of benzene rings is 1. The summed E-state index contributed by atoms with van der Waals surface area (Å²) in [6, 6.07) is 4.03. The Labute approximate surface area is 123 Å². The molecular weight excluding hydrogens is 281 g/mol. The predicted octanol–water partition coefficient (Wildman–Crippen LogP) is 3.75. The maximum Gasteiger partial charge on any atom is 0.407 e. The molecule has 0 atom stereocenters. The van der Waals surface area contributed by atoms with Crippen molar-refractivity contribution in [2.75, 3.05) is 6.54 Å². The van der Waals surface area contributed by atoms with Crippen LogP contribution in [0.25, 0.3) is 0 Å². The quantitative estimate of drug-likeness (QED) is 0.667. The number of hydrogen-bond donors (Lipinski definition) is 1. The fourth-order valence-corrected chi connectivity index (χ4v) is 1.50. The van der Waals surface area contributed by atoms with E-state index in [4.69, 9.17) is 16.3 Å². The summed E-state index contributed by atoms with van der Waals surface area (Å²) in [4.78, 5) is 11.3. The molecule has 0 saturated carbocycles. The number of amides is 1. The van der Waals surface area contributed by atoms with Gasteiger partial charge in [0.25, 0.3) is 0 Å². The molecule has 1 rings (SSSR count). The smallest absolute Gasteiger partial charge is 0.407 e. The molecule has 0 aliphatic rings. The molecule has 0 bridgehead atoms. The third-order valence-corrected chi connectivity index (χ3v) is 2.39. The molecule has 1 aromatic rings. The first kappa shape index (κ1) is 16.3. The molecule has 0 aliphatic heterocycles. The van der Waals surface area contributed by atoms with Crippen molar-refractivity contribution in [3.63, 3.8) is 0 Å². The summed E-state index contributed by atoms with van der Waals surface area (Å²) in [7, 11) is 0. The van der Waals surface area contributed by atoms with Gasteiger partial charge in [0, 0.05) is 18.5 Å². The number of nitrogens with one attached hydrogen (secondary N) is 1. The second kappa shape index (κ2) is 7.16. The van der Waals surface area contributed by atoms with Crippen LogP contribution in [0.15, 0.2) is 18.2 Å². The molecule has 0 radical (unpaired) electrons. The van der Waals surface area contributed by atoms with Gasteiger partial charge in [0.2, 0.25) is 0 Å². The highest BCUT2D eigenvalue weighted by Crippen LogP contribution is 2.15. The monoisotopic (exact) mass is 297 g/mol. The van der Waals surface area contributed by atoms with Gasteiger partial charge in [0.1, 0.15) is 11.4 Å². The van der Waals surface area contributed by atoms with Crippen molar-refractivity contribution in [3.05, 3.63) is 34.6 Å². The third kappa shape index (κ3) is 6.44. The van der Waals surface area contributed by atoms with Crippen LogP contribution in [-0.2, 0) is 4.74 Å². The van der Waals surface area contributed by atoms with Gasteiger partial charge in [-0.2, -0.15) is 0 Å². The van der Waals surface area contributed by atoms with Crippen LogP contribution in [0.2, 0.25) is 5.02 Å². The molecule has 1 aromatic carbocycles. The molecule has 0 saturated heterocycles. The van der Waals surface area contributed by atoms with Crippen molar-refractivity contribution in [2.45, 2.75) is 32.8 Å². The first-order valence-corrected chi connectivity index (χ1v) is 6.56.